The number of nitrogens with zero attached hydrogens (tertiary/aromatic N) is 1. The molecule has 94 valence electrons. The van der Waals surface area contributed by atoms with Gasteiger partial charge in [0.15, 0.2) is 0 Å². The molecule has 0 spiro atoms. The molecular formula is C13H13NO4. The number of benzene rings is 1. The van der Waals surface area contributed by atoms with Gasteiger partial charge in [-0.15, -0.1) is 0 Å². The van der Waals surface area contributed by atoms with E-state index in [0.29, 0.717) is 11.0 Å². The Morgan fingerprint density at radius 1 is 1.33 bits per heavy atom. The zero-order chi connectivity index (χ0) is 13.3. The van der Waals surface area contributed by atoms with E-state index in [2.05, 4.69) is 4.74 Å². The second kappa shape index (κ2) is 4.52. The molecule has 0 saturated carbocycles. The first-order chi connectivity index (χ1) is 8.54. The van der Waals surface area contributed by atoms with Crippen LogP contribution in [-0.4, -0.2) is 27.2 Å². The minimum atomic E-state index is -0.695. The Balaban J connectivity index is 2.78. The van der Waals surface area contributed by atoms with Gasteiger partial charge < -0.3 is 14.1 Å². The van der Waals surface area contributed by atoms with Crippen molar-refractivity contribution >= 4 is 22.6 Å². The molecular weight excluding hydrogens is 234 g/mol. The molecule has 0 amide bonds. The van der Waals surface area contributed by atoms with Crippen molar-refractivity contribution in [2.24, 2.45) is 0 Å². The molecule has 0 bridgehead atoms. The average molecular weight is 247 g/mol. The first-order valence-corrected chi connectivity index (χ1v) is 5.37. The van der Waals surface area contributed by atoms with Gasteiger partial charge in [-0.1, -0.05) is 6.07 Å². The number of rotatable bonds is 2. The summed E-state index contributed by atoms with van der Waals surface area (Å²) in [6.07, 6.45) is 0. The molecule has 1 aromatic heterocycles. The van der Waals surface area contributed by atoms with Crippen molar-refractivity contribution in [1.82, 2.24) is 0 Å². The van der Waals surface area contributed by atoms with Gasteiger partial charge in [-0.2, -0.15) is 0 Å². The number of carbonyl (C=O) groups excluding carboxylic acids is 1. The molecule has 0 fully saturated rings. The number of esters is 1. The molecule has 0 radical (unpaired) electrons. The van der Waals surface area contributed by atoms with E-state index in [-0.39, 0.29) is 5.56 Å². The summed E-state index contributed by atoms with van der Waals surface area (Å²) in [6, 6.07) is 6.86. The first kappa shape index (κ1) is 12.2. The fourth-order valence-corrected chi connectivity index (χ4v) is 1.77. The van der Waals surface area contributed by atoms with Crippen LogP contribution in [0.3, 0.4) is 0 Å². The van der Waals surface area contributed by atoms with E-state index in [0.717, 1.165) is 5.69 Å². The number of methoxy groups -OCH3 is 1. The molecule has 2 rings (SSSR count). The summed E-state index contributed by atoms with van der Waals surface area (Å²) < 4.78 is 9.68. The van der Waals surface area contributed by atoms with E-state index in [1.54, 1.807) is 12.1 Å². The normalized spacial score (nSPS) is 10.4. The lowest BCUT2D eigenvalue weighted by Crippen LogP contribution is -2.16. The molecule has 0 aliphatic carbocycles. The Labute approximate surface area is 104 Å². The Morgan fingerprint density at radius 3 is 2.67 bits per heavy atom. The Hall–Kier alpha value is -2.30. The average Bonchev–Trinajstić information content (AvgIpc) is 2.36. The Kier molecular flexibility index (Phi) is 3.06. The third-order valence-electron chi connectivity index (χ3n) is 2.64. The number of ether oxygens (including phenoxy) is 1. The van der Waals surface area contributed by atoms with Gasteiger partial charge in [0.05, 0.1) is 7.11 Å². The van der Waals surface area contributed by atoms with Crippen molar-refractivity contribution in [1.29, 1.82) is 0 Å². The Morgan fingerprint density at radius 2 is 2.06 bits per heavy atom. The van der Waals surface area contributed by atoms with Gasteiger partial charge in [0.25, 0.3) is 0 Å². The highest BCUT2D eigenvalue weighted by Gasteiger charge is 2.15. The summed E-state index contributed by atoms with van der Waals surface area (Å²) in [5.74, 6) is -0.695. The lowest BCUT2D eigenvalue weighted by atomic mass is 10.1. The number of hydrogen-bond donors (Lipinski definition) is 0. The minimum Gasteiger partial charge on any atom is -0.465 e. The van der Waals surface area contributed by atoms with E-state index >= 15 is 0 Å². The van der Waals surface area contributed by atoms with Gasteiger partial charge in [0, 0.05) is 25.2 Å². The van der Waals surface area contributed by atoms with Gasteiger partial charge in [-0.25, -0.2) is 9.59 Å². The fourth-order valence-electron chi connectivity index (χ4n) is 1.77. The monoisotopic (exact) mass is 247 g/mol. The number of fused-ring (bicyclic) bond motifs is 1. The molecule has 0 saturated heterocycles. The SMILES string of the molecule is COC(=O)c1cc2c(N(C)C)cccc2oc1=O. The van der Waals surface area contributed by atoms with Crippen LogP contribution in [0.5, 0.6) is 0 Å². The van der Waals surface area contributed by atoms with Crippen LogP contribution < -0.4 is 10.5 Å². The molecule has 1 aromatic carbocycles. The zero-order valence-electron chi connectivity index (χ0n) is 10.4. The van der Waals surface area contributed by atoms with Crippen LogP contribution in [0.2, 0.25) is 0 Å². The van der Waals surface area contributed by atoms with E-state index < -0.39 is 11.6 Å². The molecule has 5 nitrogen and oxygen atoms in total. The van der Waals surface area contributed by atoms with Crippen LogP contribution in [0.25, 0.3) is 11.0 Å². The smallest absolute Gasteiger partial charge is 0.351 e. The minimum absolute atomic E-state index is 0.0979. The van der Waals surface area contributed by atoms with Crippen LogP contribution in [0.15, 0.2) is 33.5 Å². The summed E-state index contributed by atoms with van der Waals surface area (Å²) in [5.41, 5.74) is 0.518. The van der Waals surface area contributed by atoms with E-state index in [9.17, 15) is 9.59 Å². The van der Waals surface area contributed by atoms with Gasteiger partial charge in [-0.3, -0.25) is 0 Å². The molecule has 2 aromatic rings. The third-order valence-corrected chi connectivity index (χ3v) is 2.64. The van der Waals surface area contributed by atoms with E-state index in [1.807, 2.05) is 25.1 Å². The zero-order valence-corrected chi connectivity index (χ0v) is 10.4. The van der Waals surface area contributed by atoms with Gasteiger partial charge in [-0.05, 0) is 18.2 Å². The van der Waals surface area contributed by atoms with Crippen molar-refractivity contribution in [2.45, 2.75) is 0 Å². The quantitative estimate of drug-likeness (QED) is 0.596. The Bertz CT molecular complexity index is 658. The third kappa shape index (κ3) is 1.95. The van der Waals surface area contributed by atoms with Crippen LogP contribution in [0.4, 0.5) is 5.69 Å². The largest absolute Gasteiger partial charge is 0.465 e. The van der Waals surface area contributed by atoms with E-state index in [1.165, 1.54) is 13.2 Å². The van der Waals surface area contributed by atoms with Crippen molar-refractivity contribution in [2.75, 3.05) is 26.1 Å². The maximum absolute atomic E-state index is 11.6. The lowest BCUT2D eigenvalue weighted by Gasteiger charge is -2.14. The molecule has 1 heterocycles. The summed E-state index contributed by atoms with van der Waals surface area (Å²) in [7, 11) is 4.97. The summed E-state index contributed by atoms with van der Waals surface area (Å²) in [5, 5.41) is 0.697. The molecule has 0 atom stereocenters. The molecule has 5 heteroatoms. The van der Waals surface area contributed by atoms with Gasteiger partial charge in [0.1, 0.15) is 11.1 Å². The highest BCUT2D eigenvalue weighted by Crippen LogP contribution is 2.25. The predicted octanol–water partition coefficient (Wildman–Crippen LogP) is 1.65. The highest BCUT2D eigenvalue weighted by atomic mass is 16.5. The van der Waals surface area contributed by atoms with Crippen molar-refractivity contribution in [3.63, 3.8) is 0 Å². The summed E-state index contributed by atoms with van der Waals surface area (Å²) in [6.45, 7) is 0. The standard InChI is InChI=1S/C13H13NO4/c1-14(2)10-5-4-6-11-8(10)7-9(12(15)17-3)13(16)18-11/h4-7H,1-3H3. The number of hydrogen-bond acceptors (Lipinski definition) is 5. The van der Waals surface area contributed by atoms with Crippen molar-refractivity contribution in [3.05, 3.63) is 40.2 Å². The lowest BCUT2D eigenvalue weighted by molar-refractivity contribution is 0.0596. The molecule has 18 heavy (non-hydrogen) atoms. The number of carbonyl (C=O) groups is 1. The first-order valence-electron chi connectivity index (χ1n) is 5.37. The second-order valence-electron chi connectivity index (χ2n) is 4.02. The molecule has 0 aliphatic heterocycles. The summed E-state index contributed by atoms with van der Waals surface area (Å²) >= 11 is 0. The maximum Gasteiger partial charge on any atom is 0.351 e. The second-order valence-corrected chi connectivity index (χ2v) is 4.02. The fraction of sp³-hybridized carbons (Fsp3) is 0.231. The van der Waals surface area contributed by atoms with Crippen LogP contribution in [0.1, 0.15) is 10.4 Å². The maximum atomic E-state index is 11.6. The molecule has 0 aliphatic rings. The van der Waals surface area contributed by atoms with Gasteiger partial charge in [0.2, 0.25) is 0 Å². The predicted molar refractivity (Wildman–Crippen MR) is 68.2 cm³/mol. The molecule has 0 unspecified atom stereocenters. The van der Waals surface area contributed by atoms with Crippen LogP contribution in [-0.2, 0) is 4.74 Å². The van der Waals surface area contributed by atoms with Crippen molar-refractivity contribution in [3.8, 4) is 0 Å². The van der Waals surface area contributed by atoms with Gasteiger partial charge >= 0.3 is 11.6 Å². The molecule has 0 N–H and O–H groups in total. The summed E-state index contributed by atoms with van der Waals surface area (Å²) in [4.78, 5) is 25.0. The topological polar surface area (TPSA) is 59.8 Å². The van der Waals surface area contributed by atoms with E-state index in [4.69, 9.17) is 4.42 Å². The van der Waals surface area contributed by atoms with Crippen LogP contribution in [0, 0.1) is 0 Å². The van der Waals surface area contributed by atoms with Crippen molar-refractivity contribution < 1.29 is 13.9 Å². The van der Waals surface area contributed by atoms with Crippen LogP contribution >= 0.6 is 0 Å². The number of anilines is 1. The highest BCUT2D eigenvalue weighted by molar-refractivity contribution is 5.97.